The van der Waals surface area contributed by atoms with Crippen molar-refractivity contribution in [3.05, 3.63) is 42.5 Å². The van der Waals surface area contributed by atoms with Gasteiger partial charge in [-0.15, -0.1) is 11.6 Å². The van der Waals surface area contributed by atoms with Gasteiger partial charge in [0.2, 0.25) is 0 Å². The molecule has 2 atom stereocenters. The van der Waals surface area contributed by atoms with Crippen molar-refractivity contribution in [3.8, 4) is 0 Å². The molecule has 2 aromatic rings. The fourth-order valence-electron chi connectivity index (χ4n) is 2.54. The number of sulfone groups is 1. The fourth-order valence-corrected chi connectivity index (χ4v) is 5.36. The Morgan fingerprint density at radius 1 is 1.14 bits per heavy atom. The lowest BCUT2D eigenvalue weighted by atomic mass is 10.1. The lowest BCUT2D eigenvalue weighted by molar-refractivity contribution is 0.600. The maximum absolute atomic E-state index is 11.5. The van der Waals surface area contributed by atoms with Crippen molar-refractivity contribution in [2.24, 2.45) is 0 Å². The third-order valence-corrected chi connectivity index (χ3v) is 6.20. The van der Waals surface area contributed by atoms with Crippen LogP contribution < -0.4 is 10.6 Å². The van der Waals surface area contributed by atoms with Gasteiger partial charge in [-0.25, -0.2) is 8.42 Å². The molecule has 3 rings (SSSR count). The predicted molar refractivity (Wildman–Crippen MR) is 95.4 cm³/mol. The summed E-state index contributed by atoms with van der Waals surface area (Å²) in [6, 6.07) is 13.6. The maximum atomic E-state index is 11.5. The molecule has 1 aliphatic heterocycles. The van der Waals surface area contributed by atoms with Crippen LogP contribution in [0.15, 0.2) is 42.5 Å². The number of alkyl halides is 1. The fraction of sp³-hybridized carbons (Fsp3) is 0.267. The van der Waals surface area contributed by atoms with Crippen LogP contribution in [0, 0.1) is 0 Å². The summed E-state index contributed by atoms with van der Waals surface area (Å²) in [5, 5.41) is 8.24. The number of halogens is 1. The van der Waals surface area contributed by atoms with Gasteiger partial charge in [-0.05, 0) is 35.1 Å². The quantitative estimate of drug-likeness (QED) is 0.641. The number of anilines is 1. The molecule has 1 saturated heterocycles. The van der Waals surface area contributed by atoms with E-state index in [2.05, 4.69) is 10.6 Å². The molecule has 7 heteroatoms. The molecule has 116 valence electrons. The Kier molecular flexibility index (Phi) is 4.25. The second-order valence-corrected chi connectivity index (χ2v) is 8.48. The van der Waals surface area contributed by atoms with Gasteiger partial charge in [0, 0.05) is 5.69 Å². The molecule has 4 nitrogen and oxygen atoms in total. The minimum atomic E-state index is -3.07. The van der Waals surface area contributed by atoms with E-state index in [1.54, 1.807) is 0 Å². The normalized spacial score (nSPS) is 23.3. The van der Waals surface area contributed by atoms with Crippen molar-refractivity contribution in [1.82, 2.24) is 5.32 Å². The van der Waals surface area contributed by atoms with Crippen LogP contribution in [0.1, 0.15) is 0 Å². The van der Waals surface area contributed by atoms with Crippen molar-refractivity contribution >= 4 is 55.2 Å². The van der Waals surface area contributed by atoms with Crippen LogP contribution in [0.2, 0.25) is 0 Å². The standard InChI is InChI=1S/C15H15ClN2O2S2/c16-13-8-22(19,20)9-14(13)18-15(21)17-12-6-5-10-3-1-2-4-11(10)7-12/h1-7,13-14H,8-9H2,(H2,17,18,21). The summed E-state index contributed by atoms with van der Waals surface area (Å²) in [7, 11) is -3.07. The average Bonchev–Trinajstić information content (AvgIpc) is 2.71. The number of fused-ring (bicyclic) bond motifs is 1. The second kappa shape index (κ2) is 6.02. The van der Waals surface area contributed by atoms with E-state index in [-0.39, 0.29) is 17.5 Å². The lowest BCUT2D eigenvalue weighted by Crippen LogP contribution is -2.42. The summed E-state index contributed by atoms with van der Waals surface area (Å²) in [5.41, 5.74) is 0.850. The van der Waals surface area contributed by atoms with Crippen molar-refractivity contribution in [2.45, 2.75) is 11.4 Å². The van der Waals surface area contributed by atoms with E-state index < -0.39 is 15.2 Å². The number of hydrogen-bond donors (Lipinski definition) is 2. The van der Waals surface area contributed by atoms with E-state index in [0.717, 1.165) is 16.5 Å². The van der Waals surface area contributed by atoms with Gasteiger partial charge in [-0.3, -0.25) is 0 Å². The second-order valence-electron chi connectivity index (χ2n) is 5.36. The summed E-state index contributed by atoms with van der Waals surface area (Å²) >= 11 is 11.3. The van der Waals surface area contributed by atoms with Crippen molar-refractivity contribution in [3.63, 3.8) is 0 Å². The van der Waals surface area contributed by atoms with Gasteiger partial charge in [0.05, 0.1) is 22.9 Å². The van der Waals surface area contributed by atoms with E-state index in [1.807, 2.05) is 42.5 Å². The zero-order valence-corrected chi connectivity index (χ0v) is 14.0. The van der Waals surface area contributed by atoms with E-state index in [0.29, 0.717) is 5.11 Å². The minimum absolute atomic E-state index is 0.00912. The number of rotatable bonds is 2. The minimum Gasteiger partial charge on any atom is -0.357 e. The first-order valence-electron chi connectivity index (χ1n) is 6.84. The third kappa shape index (κ3) is 3.51. The highest BCUT2D eigenvalue weighted by atomic mass is 35.5. The molecule has 0 aliphatic carbocycles. The van der Waals surface area contributed by atoms with Gasteiger partial charge in [0.1, 0.15) is 0 Å². The van der Waals surface area contributed by atoms with Gasteiger partial charge in [-0.2, -0.15) is 0 Å². The molecular formula is C15H15ClN2O2S2. The SMILES string of the molecule is O=S1(=O)CC(Cl)C(NC(=S)Nc2ccc3ccccc3c2)C1. The zero-order chi connectivity index (χ0) is 15.7. The highest BCUT2D eigenvalue weighted by Gasteiger charge is 2.36. The van der Waals surface area contributed by atoms with Crippen LogP contribution in [0.4, 0.5) is 5.69 Å². The summed E-state index contributed by atoms with van der Waals surface area (Å²) < 4.78 is 23.1. The molecule has 2 aromatic carbocycles. The molecule has 0 bridgehead atoms. The molecule has 2 N–H and O–H groups in total. The first kappa shape index (κ1) is 15.5. The number of benzene rings is 2. The summed E-state index contributed by atoms with van der Waals surface area (Å²) in [6.45, 7) is 0. The number of thiocarbonyl (C=S) groups is 1. The van der Waals surface area contributed by atoms with Crippen molar-refractivity contribution in [1.29, 1.82) is 0 Å². The zero-order valence-electron chi connectivity index (χ0n) is 11.6. The smallest absolute Gasteiger partial charge is 0.171 e. The van der Waals surface area contributed by atoms with Gasteiger partial charge >= 0.3 is 0 Å². The molecule has 1 heterocycles. The Hall–Kier alpha value is -1.37. The first-order chi connectivity index (χ1) is 10.4. The van der Waals surface area contributed by atoms with Gasteiger partial charge < -0.3 is 10.6 Å². The summed E-state index contributed by atoms with van der Waals surface area (Å²) in [5.74, 6) is 0.00547. The largest absolute Gasteiger partial charge is 0.357 e. The summed E-state index contributed by atoms with van der Waals surface area (Å²) in [6.07, 6.45) is 0. The Morgan fingerprint density at radius 3 is 2.55 bits per heavy atom. The molecule has 0 aromatic heterocycles. The van der Waals surface area contributed by atoms with Crippen LogP contribution in [0.3, 0.4) is 0 Å². The van der Waals surface area contributed by atoms with Crippen LogP contribution in [0.5, 0.6) is 0 Å². The molecule has 0 saturated carbocycles. The van der Waals surface area contributed by atoms with Crippen LogP contribution in [-0.4, -0.2) is 36.5 Å². The van der Waals surface area contributed by atoms with Gasteiger partial charge in [-0.1, -0.05) is 30.3 Å². The van der Waals surface area contributed by atoms with Crippen molar-refractivity contribution in [2.75, 3.05) is 16.8 Å². The summed E-state index contributed by atoms with van der Waals surface area (Å²) in [4.78, 5) is 0. The Bertz CT molecular complexity index is 823. The van der Waals surface area contributed by atoms with Crippen LogP contribution in [-0.2, 0) is 9.84 Å². The Balaban J connectivity index is 1.68. The number of hydrogen-bond acceptors (Lipinski definition) is 3. The lowest BCUT2D eigenvalue weighted by Gasteiger charge is -2.17. The van der Waals surface area contributed by atoms with Gasteiger partial charge in [0.15, 0.2) is 14.9 Å². The van der Waals surface area contributed by atoms with E-state index in [4.69, 9.17) is 23.8 Å². The van der Waals surface area contributed by atoms with Crippen LogP contribution in [0.25, 0.3) is 10.8 Å². The van der Waals surface area contributed by atoms with E-state index in [1.165, 1.54) is 0 Å². The highest BCUT2D eigenvalue weighted by Crippen LogP contribution is 2.20. The van der Waals surface area contributed by atoms with Crippen LogP contribution >= 0.6 is 23.8 Å². The first-order valence-corrected chi connectivity index (χ1v) is 9.50. The Morgan fingerprint density at radius 2 is 1.86 bits per heavy atom. The molecule has 0 radical (unpaired) electrons. The van der Waals surface area contributed by atoms with Gasteiger partial charge in [0.25, 0.3) is 0 Å². The predicted octanol–water partition coefficient (Wildman–Crippen LogP) is 2.53. The molecular weight excluding hydrogens is 340 g/mol. The molecule has 2 unspecified atom stereocenters. The Labute approximate surface area is 139 Å². The van der Waals surface area contributed by atoms with E-state index >= 15 is 0 Å². The van der Waals surface area contributed by atoms with Crippen molar-refractivity contribution < 1.29 is 8.42 Å². The molecule has 22 heavy (non-hydrogen) atoms. The average molecular weight is 355 g/mol. The van der Waals surface area contributed by atoms with E-state index in [9.17, 15) is 8.42 Å². The monoisotopic (exact) mass is 354 g/mol. The number of nitrogens with one attached hydrogen (secondary N) is 2. The molecule has 1 fully saturated rings. The molecule has 0 amide bonds. The molecule has 0 spiro atoms. The third-order valence-electron chi connectivity index (χ3n) is 3.61. The topological polar surface area (TPSA) is 58.2 Å². The maximum Gasteiger partial charge on any atom is 0.171 e. The molecule has 1 aliphatic rings. The highest BCUT2D eigenvalue weighted by molar-refractivity contribution is 7.91.